The van der Waals surface area contributed by atoms with Gasteiger partial charge in [0, 0.05) is 0 Å². The van der Waals surface area contributed by atoms with Crippen LogP contribution in [0.1, 0.15) is 25.3 Å². The Balaban J connectivity index is 2.65. The first-order valence-electron chi connectivity index (χ1n) is 5.10. The molecule has 2 N–H and O–H groups in total. The zero-order valence-corrected chi connectivity index (χ0v) is 9.31. The summed E-state index contributed by atoms with van der Waals surface area (Å²) < 4.78 is 0. The van der Waals surface area contributed by atoms with Gasteiger partial charge in [-0.25, -0.2) is 0 Å². The normalized spacial score (nSPS) is 13.9. The molecular formula is C12H15NO3. The number of benzene rings is 1. The molecule has 0 saturated carbocycles. The average molecular weight is 221 g/mol. The second-order valence-corrected chi connectivity index (χ2v) is 3.70. The monoisotopic (exact) mass is 221 g/mol. The Morgan fingerprint density at radius 2 is 1.75 bits per heavy atom. The summed E-state index contributed by atoms with van der Waals surface area (Å²) in [7, 11) is 0. The van der Waals surface area contributed by atoms with Crippen LogP contribution < -0.4 is 5.32 Å². The van der Waals surface area contributed by atoms with Crippen LogP contribution in [0.5, 0.6) is 0 Å². The van der Waals surface area contributed by atoms with E-state index in [-0.39, 0.29) is 11.8 Å². The minimum atomic E-state index is -1.03. The van der Waals surface area contributed by atoms with E-state index in [1.165, 1.54) is 6.92 Å². The highest BCUT2D eigenvalue weighted by atomic mass is 16.4. The maximum Gasteiger partial charge on any atom is 0.325 e. The summed E-state index contributed by atoms with van der Waals surface area (Å²) in [5, 5.41) is 11.1. The lowest BCUT2D eigenvalue weighted by Crippen LogP contribution is -2.40. The lowest BCUT2D eigenvalue weighted by Gasteiger charge is -2.14. The molecule has 0 unspecified atom stereocenters. The van der Waals surface area contributed by atoms with Crippen molar-refractivity contribution in [2.45, 2.75) is 25.8 Å². The third-order valence-electron chi connectivity index (χ3n) is 2.42. The molecule has 0 saturated heterocycles. The van der Waals surface area contributed by atoms with Crippen molar-refractivity contribution in [3.05, 3.63) is 35.9 Å². The van der Waals surface area contributed by atoms with E-state index in [1.807, 2.05) is 30.3 Å². The topological polar surface area (TPSA) is 66.4 Å². The van der Waals surface area contributed by atoms with Crippen molar-refractivity contribution in [1.82, 2.24) is 5.32 Å². The van der Waals surface area contributed by atoms with Crippen molar-refractivity contribution in [3.8, 4) is 0 Å². The number of hydrogen-bond acceptors (Lipinski definition) is 2. The lowest BCUT2D eigenvalue weighted by atomic mass is 10.0. The van der Waals surface area contributed by atoms with E-state index in [1.54, 1.807) is 6.92 Å². The van der Waals surface area contributed by atoms with Crippen molar-refractivity contribution < 1.29 is 14.7 Å². The molecule has 1 rings (SSSR count). The summed E-state index contributed by atoms with van der Waals surface area (Å²) in [4.78, 5) is 22.3. The second kappa shape index (κ2) is 5.30. The van der Waals surface area contributed by atoms with Crippen molar-refractivity contribution >= 4 is 11.9 Å². The van der Waals surface area contributed by atoms with Gasteiger partial charge in [-0.3, -0.25) is 9.59 Å². The zero-order valence-electron chi connectivity index (χ0n) is 9.31. The molecule has 4 nitrogen and oxygen atoms in total. The molecule has 0 aliphatic carbocycles. The average Bonchev–Trinajstić information content (AvgIpc) is 2.28. The third kappa shape index (κ3) is 3.08. The Hall–Kier alpha value is -1.84. The smallest absolute Gasteiger partial charge is 0.325 e. The second-order valence-electron chi connectivity index (χ2n) is 3.70. The van der Waals surface area contributed by atoms with E-state index >= 15 is 0 Å². The lowest BCUT2D eigenvalue weighted by molar-refractivity contribution is -0.141. The highest BCUT2D eigenvalue weighted by molar-refractivity contribution is 5.87. The molecule has 0 heterocycles. The number of hydrogen-bond donors (Lipinski definition) is 2. The number of rotatable bonds is 4. The molecule has 0 radical (unpaired) electrons. The van der Waals surface area contributed by atoms with Crippen molar-refractivity contribution in [2.75, 3.05) is 0 Å². The van der Waals surface area contributed by atoms with Crippen LogP contribution in [0.4, 0.5) is 0 Å². The van der Waals surface area contributed by atoms with Gasteiger partial charge in [-0.2, -0.15) is 0 Å². The summed E-state index contributed by atoms with van der Waals surface area (Å²) in [5.74, 6) is -1.65. The van der Waals surface area contributed by atoms with Gasteiger partial charge in [-0.15, -0.1) is 0 Å². The maximum atomic E-state index is 11.7. The van der Waals surface area contributed by atoms with Crippen LogP contribution in [0, 0.1) is 0 Å². The fourth-order valence-corrected chi connectivity index (χ4v) is 1.29. The van der Waals surface area contributed by atoms with E-state index in [0.29, 0.717) is 0 Å². The maximum absolute atomic E-state index is 11.7. The molecular weight excluding hydrogens is 206 g/mol. The van der Waals surface area contributed by atoms with Crippen LogP contribution in [0.15, 0.2) is 30.3 Å². The Kier molecular flexibility index (Phi) is 4.05. The van der Waals surface area contributed by atoms with E-state index in [4.69, 9.17) is 5.11 Å². The summed E-state index contributed by atoms with van der Waals surface area (Å²) in [5.41, 5.74) is 0.873. The molecule has 0 fully saturated rings. The van der Waals surface area contributed by atoms with Gasteiger partial charge in [0.2, 0.25) is 5.91 Å². The van der Waals surface area contributed by atoms with Crippen molar-refractivity contribution in [2.24, 2.45) is 0 Å². The number of carboxylic acid groups (broad SMARTS) is 1. The van der Waals surface area contributed by atoms with Crippen LogP contribution in [0.2, 0.25) is 0 Å². The fraction of sp³-hybridized carbons (Fsp3) is 0.333. The molecule has 2 atom stereocenters. The van der Waals surface area contributed by atoms with Gasteiger partial charge in [0.15, 0.2) is 0 Å². The predicted molar refractivity (Wildman–Crippen MR) is 60.1 cm³/mol. The van der Waals surface area contributed by atoms with Gasteiger partial charge in [0.25, 0.3) is 0 Å². The molecule has 0 bridgehead atoms. The van der Waals surface area contributed by atoms with Gasteiger partial charge in [-0.1, -0.05) is 30.3 Å². The van der Waals surface area contributed by atoms with Crippen LogP contribution in [0.25, 0.3) is 0 Å². The Morgan fingerprint density at radius 3 is 2.25 bits per heavy atom. The SMILES string of the molecule is C[C@@H](NC(=O)[C@H](C)c1ccccc1)C(=O)O. The van der Waals surface area contributed by atoms with Crippen LogP contribution in [-0.2, 0) is 9.59 Å². The Morgan fingerprint density at radius 1 is 1.19 bits per heavy atom. The summed E-state index contributed by atoms with van der Waals surface area (Å²) in [6, 6.07) is 8.39. The number of aliphatic carboxylic acids is 1. The van der Waals surface area contributed by atoms with Gasteiger partial charge in [0.05, 0.1) is 5.92 Å². The Bertz CT molecular complexity index is 375. The molecule has 4 heteroatoms. The molecule has 0 aromatic heterocycles. The van der Waals surface area contributed by atoms with E-state index in [0.717, 1.165) is 5.56 Å². The molecule has 16 heavy (non-hydrogen) atoms. The molecule has 0 aliphatic rings. The van der Waals surface area contributed by atoms with E-state index in [2.05, 4.69) is 5.32 Å². The first-order valence-corrected chi connectivity index (χ1v) is 5.10. The van der Waals surface area contributed by atoms with Gasteiger partial charge >= 0.3 is 5.97 Å². The summed E-state index contributed by atoms with van der Waals surface area (Å²) in [6.07, 6.45) is 0. The first-order chi connectivity index (χ1) is 7.52. The number of amides is 1. The molecule has 1 aromatic carbocycles. The van der Waals surface area contributed by atoms with Crippen molar-refractivity contribution in [3.63, 3.8) is 0 Å². The summed E-state index contributed by atoms with van der Waals surface area (Å²) in [6.45, 7) is 3.19. The molecule has 86 valence electrons. The van der Waals surface area contributed by atoms with Gasteiger partial charge < -0.3 is 10.4 Å². The highest BCUT2D eigenvalue weighted by Gasteiger charge is 2.19. The minimum Gasteiger partial charge on any atom is -0.480 e. The molecule has 0 spiro atoms. The quantitative estimate of drug-likeness (QED) is 0.807. The van der Waals surface area contributed by atoms with E-state index < -0.39 is 12.0 Å². The first kappa shape index (κ1) is 12.2. The number of carboxylic acids is 1. The largest absolute Gasteiger partial charge is 0.480 e. The van der Waals surface area contributed by atoms with Gasteiger partial charge in [0.1, 0.15) is 6.04 Å². The third-order valence-corrected chi connectivity index (χ3v) is 2.42. The molecule has 0 aliphatic heterocycles. The highest BCUT2D eigenvalue weighted by Crippen LogP contribution is 2.14. The number of carbonyl (C=O) groups excluding carboxylic acids is 1. The van der Waals surface area contributed by atoms with Crippen LogP contribution in [-0.4, -0.2) is 23.0 Å². The van der Waals surface area contributed by atoms with Crippen LogP contribution >= 0.6 is 0 Å². The molecule has 1 amide bonds. The molecule has 1 aromatic rings. The minimum absolute atomic E-state index is 0.277. The zero-order chi connectivity index (χ0) is 12.1. The Labute approximate surface area is 94.3 Å². The van der Waals surface area contributed by atoms with Gasteiger partial charge in [-0.05, 0) is 19.4 Å². The standard InChI is InChI=1S/C12H15NO3/c1-8(10-6-4-3-5-7-10)11(14)13-9(2)12(15)16/h3-9H,1-2H3,(H,13,14)(H,15,16)/t8-,9-/m1/s1. The predicted octanol–water partition coefficient (Wildman–Crippen LogP) is 1.38. The number of carbonyl (C=O) groups is 2. The fourth-order valence-electron chi connectivity index (χ4n) is 1.29. The summed E-state index contributed by atoms with van der Waals surface area (Å²) >= 11 is 0. The van der Waals surface area contributed by atoms with E-state index in [9.17, 15) is 9.59 Å². The van der Waals surface area contributed by atoms with Crippen LogP contribution in [0.3, 0.4) is 0 Å². The van der Waals surface area contributed by atoms with Crippen molar-refractivity contribution in [1.29, 1.82) is 0 Å². The number of nitrogens with one attached hydrogen (secondary N) is 1.